The lowest BCUT2D eigenvalue weighted by molar-refractivity contribution is 0.0777. The van der Waals surface area contributed by atoms with Crippen LogP contribution in [0.3, 0.4) is 0 Å². The molecule has 1 fully saturated rings. The number of carbonyl (C=O) groups excluding carboxylic acids is 1. The Balaban J connectivity index is 0.00000200. The summed E-state index contributed by atoms with van der Waals surface area (Å²) in [5.74, 6) is 0.0121. The third-order valence-electron chi connectivity index (χ3n) is 3.74. The smallest absolute Gasteiger partial charge is 0.255 e. The Bertz CT molecular complexity index is 498. The van der Waals surface area contributed by atoms with Crippen LogP contribution in [0, 0.1) is 5.41 Å². The summed E-state index contributed by atoms with van der Waals surface area (Å²) in [5.41, 5.74) is 6.41. The van der Waals surface area contributed by atoms with Gasteiger partial charge in [0, 0.05) is 18.0 Å². The summed E-state index contributed by atoms with van der Waals surface area (Å²) in [7, 11) is 0. The second-order valence-corrected chi connectivity index (χ2v) is 6.62. The molecule has 1 saturated heterocycles. The molecule has 0 aliphatic carbocycles. The van der Waals surface area contributed by atoms with Gasteiger partial charge in [0.1, 0.15) is 0 Å². The molecule has 0 radical (unpaired) electrons. The van der Waals surface area contributed by atoms with Crippen molar-refractivity contribution in [3.8, 4) is 0 Å². The molecular formula is C14H20Cl2N2OS. The highest BCUT2D eigenvalue weighted by Crippen LogP contribution is 2.31. The Labute approximate surface area is 135 Å². The lowest BCUT2D eigenvalue weighted by atomic mass is 9.90. The number of nitrogens with two attached hydrogens (primary N) is 1. The Morgan fingerprint density at radius 3 is 2.80 bits per heavy atom. The molecule has 1 atom stereocenters. The van der Waals surface area contributed by atoms with E-state index in [0.717, 1.165) is 17.9 Å². The van der Waals surface area contributed by atoms with E-state index in [1.165, 1.54) is 0 Å². The third kappa shape index (κ3) is 3.61. The van der Waals surface area contributed by atoms with Gasteiger partial charge in [-0.1, -0.05) is 18.5 Å². The molecule has 1 aliphatic heterocycles. The standard InChI is InChI=1S/C14H19ClN2OS.ClH/c1-14(8-16)5-6-17(9-14)13(18)11-7-10(19-2)3-4-12(11)15;/h3-4,7H,5-6,8-9,16H2,1-2H3;1H. The Kier molecular flexibility index (Phi) is 6.20. The van der Waals surface area contributed by atoms with Gasteiger partial charge in [-0.15, -0.1) is 24.2 Å². The topological polar surface area (TPSA) is 46.3 Å². The van der Waals surface area contributed by atoms with Crippen molar-refractivity contribution >= 4 is 41.7 Å². The summed E-state index contributed by atoms with van der Waals surface area (Å²) in [5, 5.41) is 0.518. The highest BCUT2D eigenvalue weighted by molar-refractivity contribution is 7.98. The SMILES string of the molecule is CSc1ccc(Cl)c(C(=O)N2CCC(C)(CN)C2)c1.Cl. The zero-order chi connectivity index (χ0) is 14.0. The summed E-state index contributed by atoms with van der Waals surface area (Å²) < 4.78 is 0. The van der Waals surface area contributed by atoms with Gasteiger partial charge in [-0.25, -0.2) is 0 Å². The summed E-state index contributed by atoms with van der Waals surface area (Å²) >= 11 is 7.76. The maximum atomic E-state index is 12.5. The molecule has 6 heteroatoms. The lowest BCUT2D eigenvalue weighted by Crippen LogP contribution is -2.34. The number of likely N-dealkylation sites (tertiary alicyclic amines) is 1. The van der Waals surface area contributed by atoms with Crippen LogP contribution >= 0.6 is 35.8 Å². The first-order valence-electron chi connectivity index (χ1n) is 6.32. The quantitative estimate of drug-likeness (QED) is 0.862. The number of rotatable bonds is 3. The number of hydrogen-bond donors (Lipinski definition) is 1. The number of hydrogen-bond acceptors (Lipinski definition) is 3. The molecule has 1 unspecified atom stereocenters. The van der Waals surface area contributed by atoms with Gasteiger partial charge >= 0.3 is 0 Å². The van der Waals surface area contributed by atoms with Crippen molar-refractivity contribution in [2.45, 2.75) is 18.2 Å². The maximum absolute atomic E-state index is 12.5. The van der Waals surface area contributed by atoms with Gasteiger partial charge < -0.3 is 10.6 Å². The van der Waals surface area contributed by atoms with Crippen molar-refractivity contribution in [1.82, 2.24) is 4.90 Å². The Morgan fingerprint density at radius 1 is 1.55 bits per heavy atom. The minimum atomic E-state index is 0. The summed E-state index contributed by atoms with van der Waals surface area (Å²) in [6.07, 6.45) is 2.94. The van der Waals surface area contributed by atoms with Gasteiger partial charge in [0.25, 0.3) is 5.91 Å². The van der Waals surface area contributed by atoms with Gasteiger partial charge in [0.15, 0.2) is 0 Å². The van der Waals surface area contributed by atoms with E-state index >= 15 is 0 Å². The first kappa shape index (κ1) is 17.6. The zero-order valence-electron chi connectivity index (χ0n) is 11.7. The predicted octanol–water partition coefficient (Wildman–Crippen LogP) is 3.29. The van der Waals surface area contributed by atoms with Crippen molar-refractivity contribution in [1.29, 1.82) is 0 Å². The molecule has 0 saturated carbocycles. The van der Waals surface area contributed by atoms with Crippen LogP contribution in [0.1, 0.15) is 23.7 Å². The van der Waals surface area contributed by atoms with Crippen molar-refractivity contribution < 1.29 is 4.79 Å². The predicted molar refractivity (Wildman–Crippen MR) is 88.2 cm³/mol. The van der Waals surface area contributed by atoms with E-state index in [1.54, 1.807) is 17.8 Å². The zero-order valence-corrected chi connectivity index (χ0v) is 14.1. The van der Waals surface area contributed by atoms with Gasteiger partial charge in [0.05, 0.1) is 10.6 Å². The molecule has 1 amide bonds. The first-order chi connectivity index (χ1) is 8.99. The molecular weight excluding hydrogens is 315 g/mol. The van der Waals surface area contributed by atoms with E-state index in [2.05, 4.69) is 6.92 Å². The minimum absolute atomic E-state index is 0. The fourth-order valence-corrected chi connectivity index (χ4v) is 2.97. The van der Waals surface area contributed by atoms with Crippen molar-refractivity contribution in [2.75, 3.05) is 25.9 Å². The van der Waals surface area contributed by atoms with Crippen LogP contribution in [0.25, 0.3) is 0 Å². The first-order valence-corrected chi connectivity index (χ1v) is 7.92. The average Bonchev–Trinajstić information content (AvgIpc) is 2.82. The monoisotopic (exact) mass is 334 g/mol. The third-order valence-corrected chi connectivity index (χ3v) is 4.80. The highest BCUT2D eigenvalue weighted by atomic mass is 35.5. The molecule has 3 nitrogen and oxygen atoms in total. The van der Waals surface area contributed by atoms with Crippen LogP contribution in [0.4, 0.5) is 0 Å². The van der Waals surface area contributed by atoms with Crippen molar-refractivity contribution in [3.63, 3.8) is 0 Å². The molecule has 0 bridgehead atoms. The summed E-state index contributed by atoms with van der Waals surface area (Å²) in [6, 6.07) is 5.59. The second kappa shape index (κ2) is 7.03. The van der Waals surface area contributed by atoms with Gasteiger partial charge in [-0.3, -0.25) is 4.79 Å². The summed E-state index contributed by atoms with van der Waals surface area (Å²) in [6.45, 7) is 4.20. The largest absolute Gasteiger partial charge is 0.338 e. The van der Waals surface area contributed by atoms with E-state index in [9.17, 15) is 4.79 Å². The molecule has 1 aliphatic rings. The highest BCUT2D eigenvalue weighted by Gasteiger charge is 2.35. The molecule has 1 aromatic rings. The number of thioether (sulfide) groups is 1. The van der Waals surface area contributed by atoms with E-state index in [1.807, 2.05) is 23.3 Å². The summed E-state index contributed by atoms with van der Waals surface area (Å²) in [4.78, 5) is 15.4. The van der Waals surface area contributed by atoms with Crippen LogP contribution in [0.15, 0.2) is 23.1 Å². The van der Waals surface area contributed by atoms with Crippen LogP contribution in [-0.2, 0) is 0 Å². The lowest BCUT2D eigenvalue weighted by Gasteiger charge is -2.23. The van der Waals surface area contributed by atoms with Crippen LogP contribution in [0.2, 0.25) is 5.02 Å². The molecule has 20 heavy (non-hydrogen) atoms. The molecule has 1 heterocycles. The van der Waals surface area contributed by atoms with E-state index < -0.39 is 0 Å². The van der Waals surface area contributed by atoms with Gasteiger partial charge in [-0.2, -0.15) is 0 Å². The number of amides is 1. The van der Waals surface area contributed by atoms with Crippen molar-refractivity contribution in [3.05, 3.63) is 28.8 Å². The maximum Gasteiger partial charge on any atom is 0.255 e. The molecule has 1 aromatic carbocycles. The van der Waals surface area contributed by atoms with Crippen LogP contribution in [-0.4, -0.2) is 36.7 Å². The van der Waals surface area contributed by atoms with Gasteiger partial charge in [-0.05, 0) is 42.8 Å². The second-order valence-electron chi connectivity index (χ2n) is 5.34. The minimum Gasteiger partial charge on any atom is -0.338 e. The Hall–Kier alpha value is -0.420. The number of halogens is 2. The molecule has 2 N–H and O–H groups in total. The number of nitrogens with zero attached hydrogens (tertiary/aromatic N) is 1. The van der Waals surface area contributed by atoms with E-state index in [-0.39, 0.29) is 23.7 Å². The number of carbonyl (C=O) groups is 1. The molecule has 112 valence electrons. The molecule has 0 spiro atoms. The Morgan fingerprint density at radius 2 is 2.25 bits per heavy atom. The molecule has 0 aromatic heterocycles. The normalized spacial score (nSPS) is 21.7. The fourth-order valence-electron chi connectivity index (χ4n) is 2.33. The number of benzene rings is 1. The van der Waals surface area contributed by atoms with E-state index in [4.69, 9.17) is 17.3 Å². The average molecular weight is 335 g/mol. The van der Waals surface area contributed by atoms with Gasteiger partial charge in [0.2, 0.25) is 0 Å². The van der Waals surface area contributed by atoms with Crippen LogP contribution < -0.4 is 5.73 Å². The van der Waals surface area contributed by atoms with Crippen LogP contribution in [0.5, 0.6) is 0 Å². The molecule has 2 rings (SSSR count). The van der Waals surface area contributed by atoms with Crippen molar-refractivity contribution in [2.24, 2.45) is 11.1 Å². The van der Waals surface area contributed by atoms with E-state index in [0.29, 0.717) is 23.7 Å². The fraction of sp³-hybridized carbons (Fsp3) is 0.500.